The minimum absolute atomic E-state index is 0.109. The zero-order valence-corrected chi connectivity index (χ0v) is 24.0. The first-order valence-corrected chi connectivity index (χ1v) is 14.1. The van der Waals surface area contributed by atoms with Gasteiger partial charge in [-0.1, -0.05) is 18.2 Å². The third-order valence-electron chi connectivity index (χ3n) is 7.36. The molecule has 1 aliphatic rings. The minimum atomic E-state index is -3.09. The number of carbonyl (C=O) groups excluding carboxylic acids is 1. The van der Waals surface area contributed by atoms with Crippen molar-refractivity contribution in [2.75, 3.05) is 13.2 Å². The molecule has 11 nitrogen and oxygen atoms in total. The van der Waals surface area contributed by atoms with Gasteiger partial charge in [-0.25, -0.2) is 14.3 Å². The molecule has 1 amide bonds. The zero-order chi connectivity index (χ0) is 30.2. The van der Waals surface area contributed by atoms with Gasteiger partial charge in [0, 0.05) is 18.8 Å². The Morgan fingerprint density at radius 1 is 1.24 bits per heavy atom. The normalized spacial score (nSPS) is 15.4. The Morgan fingerprint density at radius 3 is 2.60 bits per heavy atom. The van der Waals surface area contributed by atoms with Gasteiger partial charge in [-0.3, -0.25) is 14.2 Å². The lowest BCUT2D eigenvalue weighted by molar-refractivity contribution is -0.125. The second-order valence-corrected chi connectivity index (χ2v) is 11.4. The lowest BCUT2D eigenvalue weighted by Gasteiger charge is -2.30. The van der Waals surface area contributed by atoms with Crippen LogP contribution in [0.25, 0.3) is 21.0 Å². The van der Waals surface area contributed by atoms with Crippen molar-refractivity contribution in [1.29, 1.82) is 0 Å². The molecule has 4 heterocycles. The molecule has 0 saturated carbocycles. The van der Waals surface area contributed by atoms with E-state index in [4.69, 9.17) is 24.4 Å². The molecule has 1 aliphatic heterocycles. The fourth-order valence-corrected chi connectivity index (χ4v) is 6.27. The number of para-hydroxylation sites is 1. The number of aromatic nitrogens is 3. The highest BCUT2D eigenvalue weighted by Crippen LogP contribution is 2.38. The largest absolute Gasteiger partial charge is 0.444 e. The van der Waals surface area contributed by atoms with E-state index < -0.39 is 35.4 Å². The topological polar surface area (TPSA) is 141 Å². The molecule has 0 radical (unpaired) electrons. The number of hydrogen-bond acceptors (Lipinski definition) is 9. The molecular formula is C28H30F2N4O7S. The van der Waals surface area contributed by atoms with Crippen molar-refractivity contribution >= 4 is 27.5 Å². The maximum Gasteiger partial charge on any atom is 0.387 e. The fourth-order valence-electron chi connectivity index (χ4n) is 5.02. The number of halogens is 2. The lowest BCUT2D eigenvalue weighted by Crippen LogP contribution is -2.54. The van der Waals surface area contributed by atoms with E-state index in [1.807, 2.05) is 0 Å². The summed E-state index contributed by atoms with van der Waals surface area (Å²) in [6.07, 6.45) is 2.70. The van der Waals surface area contributed by atoms with Gasteiger partial charge >= 0.3 is 12.3 Å². The van der Waals surface area contributed by atoms with E-state index in [1.165, 1.54) is 36.9 Å². The fraction of sp³-hybridized carbons (Fsp3) is 0.429. The Kier molecular flexibility index (Phi) is 8.30. The molecule has 4 aromatic rings. The molecule has 224 valence electrons. The van der Waals surface area contributed by atoms with Crippen LogP contribution in [0.5, 0.6) is 5.75 Å². The Bertz CT molecular complexity index is 1710. The van der Waals surface area contributed by atoms with Gasteiger partial charge < -0.3 is 24.4 Å². The molecule has 1 aromatic carbocycles. The second-order valence-electron chi connectivity index (χ2n) is 10.4. The van der Waals surface area contributed by atoms with Crippen LogP contribution in [0.3, 0.4) is 0 Å². The summed E-state index contributed by atoms with van der Waals surface area (Å²) in [5.41, 5.74) is 3.21. The number of rotatable bonds is 10. The number of primary amides is 1. The van der Waals surface area contributed by atoms with Crippen molar-refractivity contribution in [3.63, 3.8) is 0 Å². The number of benzene rings is 1. The molecule has 0 unspecified atom stereocenters. The molecule has 1 fully saturated rings. The maximum atomic E-state index is 14.1. The van der Waals surface area contributed by atoms with Crippen molar-refractivity contribution in [2.45, 2.75) is 64.5 Å². The Labute approximate surface area is 242 Å². The highest BCUT2D eigenvalue weighted by molar-refractivity contribution is 7.22. The molecule has 0 spiro atoms. The number of ether oxygens (including phenoxy) is 3. The third kappa shape index (κ3) is 5.49. The number of nitrogens with zero attached hydrogens (tertiary/aromatic N) is 3. The van der Waals surface area contributed by atoms with E-state index in [-0.39, 0.29) is 40.1 Å². The van der Waals surface area contributed by atoms with Crippen LogP contribution in [0.1, 0.15) is 43.9 Å². The molecule has 3 aromatic heterocycles. The monoisotopic (exact) mass is 604 g/mol. The maximum absolute atomic E-state index is 14.1. The van der Waals surface area contributed by atoms with Crippen LogP contribution in [0.4, 0.5) is 8.78 Å². The summed E-state index contributed by atoms with van der Waals surface area (Å²) in [7, 11) is 0. The van der Waals surface area contributed by atoms with E-state index in [9.17, 15) is 23.2 Å². The minimum Gasteiger partial charge on any atom is -0.444 e. The molecule has 1 saturated heterocycles. The predicted molar refractivity (Wildman–Crippen MR) is 150 cm³/mol. The first-order valence-electron chi connectivity index (χ1n) is 13.3. The van der Waals surface area contributed by atoms with Gasteiger partial charge in [0.1, 0.15) is 28.5 Å². The molecule has 0 aliphatic carbocycles. The SMILES string of the molecule is Cc1c(-c2ncco2)sc2c1c(=O)n(C(C)(C)C(N)=O)c(=O)n2C[C@@H](OC1CCOCC1)c1ccccc1OC(F)F. The van der Waals surface area contributed by atoms with Crippen LogP contribution in [0, 0.1) is 6.92 Å². The molecular weight excluding hydrogens is 574 g/mol. The number of hydrogen-bond donors (Lipinski definition) is 1. The molecule has 2 N–H and O–H groups in total. The number of nitrogens with two attached hydrogens (primary N) is 1. The highest BCUT2D eigenvalue weighted by Gasteiger charge is 2.35. The Hall–Kier alpha value is -3.88. The number of alkyl halides is 2. The van der Waals surface area contributed by atoms with Crippen molar-refractivity contribution in [3.8, 4) is 16.5 Å². The predicted octanol–water partition coefficient (Wildman–Crippen LogP) is 3.95. The molecule has 42 heavy (non-hydrogen) atoms. The smallest absolute Gasteiger partial charge is 0.387 e. The molecule has 0 bridgehead atoms. The van der Waals surface area contributed by atoms with Gasteiger partial charge in [-0.2, -0.15) is 8.78 Å². The number of thiophene rings is 1. The third-order valence-corrected chi connectivity index (χ3v) is 8.66. The summed E-state index contributed by atoms with van der Waals surface area (Å²) < 4.78 is 51.1. The zero-order valence-electron chi connectivity index (χ0n) is 23.2. The van der Waals surface area contributed by atoms with E-state index >= 15 is 0 Å². The first-order chi connectivity index (χ1) is 20.0. The number of amides is 1. The summed E-state index contributed by atoms with van der Waals surface area (Å²) in [6.45, 7) is 2.08. The number of fused-ring (bicyclic) bond motifs is 1. The summed E-state index contributed by atoms with van der Waals surface area (Å²) in [5, 5.41) is 0.170. The second kappa shape index (κ2) is 11.8. The molecule has 1 atom stereocenters. The van der Waals surface area contributed by atoms with Crippen LogP contribution < -0.4 is 21.7 Å². The number of carbonyl (C=O) groups is 1. The number of aryl methyl sites for hydroxylation is 1. The Morgan fingerprint density at radius 2 is 1.95 bits per heavy atom. The number of oxazole rings is 1. The summed E-state index contributed by atoms with van der Waals surface area (Å²) in [4.78, 5) is 45.5. The van der Waals surface area contributed by atoms with E-state index in [0.29, 0.717) is 36.5 Å². The lowest BCUT2D eigenvalue weighted by atomic mass is 10.0. The van der Waals surface area contributed by atoms with Gasteiger partial charge in [0.2, 0.25) is 11.8 Å². The Balaban J connectivity index is 1.75. The first kappa shape index (κ1) is 29.6. The van der Waals surface area contributed by atoms with Crippen LogP contribution in [-0.2, 0) is 26.4 Å². The summed E-state index contributed by atoms with van der Waals surface area (Å²) in [6, 6.07) is 6.19. The van der Waals surface area contributed by atoms with Gasteiger partial charge in [0.05, 0.1) is 29.1 Å². The molecule has 14 heteroatoms. The summed E-state index contributed by atoms with van der Waals surface area (Å²) >= 11 is 1.11. The van der Waals surface area contributed by atoms with E-state index in [1.54, 1.807) is 25.1 Å². The van der Waals surface area contributed by atoms with Crippen LogP contribution in [-0.4, -0.2) is 46.0 Å². The van der Waals surface area contributed by atoms with Crippen molar-refractivity contribution < 1.29 is 32.2 Å². The average molecular weight is 605 g/mol. The van der Waals surface area contributed by atoms with Gasteiger partial charge in [0.25, 0.3) is 5.56 Å². The van der Waals surface area contributed by atoms with E-state index in [2.05, 4.69) is 4.98 Å². The van der Waals surface area contributed by atoms with Crippen molar-refractivity contribution in [3.05, 3.63) is 68.7 Å². The summed E-state index contributed by atoms with van der Waals surface area (Å²) in [5.74, 6) is -0.750. The van der Waals surface area contributed by atoms with Crippen LogP contribution in [0.2, 0.25) is 0 Å². The van der Waals surface area contributed by atoms with E-state index in [0.717, 1.165) is 15.9 Å². The highest BCUT2D eigenvalue weighted by atomic mass is 32.1. The average Bonchev–Trinajstić information content (AvgIpc) is 3.59. The van der Waals surface area contributed by atoms with Crippen molar-refractivity contribution in [1.82, 2.24) is 14.1 Å². The molecule has 5 rings (SSSR count). The van der Waals surface area contributed by atoms with Crippen LogP contribution >= 0.6 is 11.3 Å². The van der Waals surface area contributed by atoms with Crippen LogP contribution in [0.15, 0.2) is 50.7 Å². The van der Waals surface area contributed by atoms with Gasteiger partial charge in [0.15, 0.2) is 0 Å². The standard InChI is InChI=1S/C28H30F2N4O7S/c1-15-20-23(35)34(28(2,3)25(31)36)27(37)33(24(20)42-21(15)22-32-10-13-39-22)14-19(40-16-8-11-38-12-9-16)17-6-4-5-7-18(17)41-26(29)30/h4-7,10,13,16,19,26H,8-9,11-12,14H2,1-3H3,(H2,31,36)/t19-/m1/s1. The van der Waals surface area contributed by atoms with Gasteiger partial charge in [-0.05, 0) is 45.2 Å². The quantitative estimate of drug-likeness (QED) is 0.287. The van der Waals surface area contributed by atoms with Crippen molar-refractivity contribution in [2.24, 2.45) is 5.73 Å². The van der Waals surface area contributed by atoms with Gasteiger partial charge in [-0.15, -0.1) is 11.3 Å².